The molecule has 0 unspecified atom stereocenters. The zero-order valence-electron chi connectivity index (χ0n) is 20.5. The number of benzene rings is 2. The first-order valence-electron chi connectivity index (χ1n) is 11.6. The molecule has 2 aromatic carbocycles. The number of likely N-dealkylation sites (tertiary alicyclic amines) is 1. The Morgan fingerprint density at radius 1 is 1.19 bits per heavy atom. The van der Waals surface area contributed by atoms with Crippen LogP contribution >= 0.6 is 23.2 Å². The molecule has 1 fully saturated rings. The summed E-state index contributed by atoms with van der Waals surface area (Å²) in [6, 6.07) is 10.9. The lowest BCUT2D eigenvalue weighted by Crippen LogP contribution is -2.41. The summed E-state index contributed by atoms with van der Waals surface area (Å²) in [5, 5.41) is 14.5. The Morgan fingerprint density at radius 3 is 2.53 bits per heavy atom. The van der Waals surface area contributed by atoms with Crippen molar-refractivity contribution in [3.63, 3.8) is 0 Å². The molecule has 0 saturated carbocycles. The van der Waals surface area contributed by atoms with Crippen LogP contribution in [0.5, 0.6) is 11.5 Å². The van der Waals surface area contributed by atoms with Crippen LogP contribution < -0.4 is 14.8 Å². The summed E-state index contributed by atoms with van der Waals surface area (Å²) in [7, 11) is 1.57. The Bertz CT molecular complexity index is 1300. The molecule has 4 rings (SSSR count). The Hall–Kier alpha value is -3.47. The van der Waals surface area contributed by atoms with Gasteiger partial charge in [0.25, 0.3) is 0 Å². The molecule has 1 N–H and O–H groups in total. The number of piperidine rings is 1. The fraction of sp³-hybridized carbons (Fsp3) is 0.296. The summed E-state index contributed by atoms with van der Waals surface area (Å²) >= 11 is 12.2. The quantitative estimate of drug-likeness (QED) is 0.357. The van der Waals surface area contributed by atoms with Gasteiger partial charge >= 0.3 is 0 Å². The molecule has 0 atom stereocenters. The van der Waals surface area contributed by atoms with E-state index in [2.05, 4.69) is 22.9 Å². The molecular weight excluding hydrogens is 499 g/mol. The van der Waals surface area contributed by atoms with Gasteiger partial charge in [0.15, 0.2) is 11.5 Å². The predicted molar refractivity (Wildman–Crippen MR) is 145 cm³/mol. The number of ether oxygens (including phenoxy) is 2. The van der Waals surface area contributed by atoms with Crippen LogP contribution in [-0.2, 0) is 4.79 Å². The van der Waals surface area contributed by atoms with Gasteiger partial charge in [0, 0.05) is 49.3 Å². The normalized spacial score (nSPS) is 13.3. The number of hydrogen-bond acceptors (Lipinski definition) is 6. The number of hydrogen-bond donors (Lipinski definition) is 1. The fourth-order valence-corrected chi connectivity index (χ4v) is 4.19. The first kappa shape index (κ1) is 27.1. The van der Waals surface area contributed by atoms with Crippen molar-refractivity contribution >= 4 is 51.4 Å². The SMILES string of the molecule is C=CC(=O)N1CCC(Oc2cc3c(Nc4ccc(Cl)c(Cl)c4)c(C#N)cnc3cc2OC)CC1.CC. The molecule has 7 nitrogen and oxygen atoms in total. The minimum Gasteiger partial charge on any atom is -0.493 e. The molecule has 1 amide bonds. The molecule has 1 aromatic heterocycles. The summed E-state index contributed by atoms with van der Waals surface area (Å²) in [6.45, 7) is 8.73. The molecule has 1 aliphatic rings. The maximum absolute atomic E-state index is 11.9. The van der Waals surface area contributed by atoms with Gasteiger partial charge in [0.1, 0.15) is 12.2 Å². The smallest absolute Gasteiger partial charge is 0.245 e. The number of fused-ring (bicyclic) bond motifs is 1. The number of pyridine rings is 1. The van der Waals surface area contributed by atoms with Gasteiger partial charge in [-0.2, -0.15) is 5.26 Å². The van der Waals surface area contributed by atoms with Crippen molar-refractivity contribution < 1.29 is 14.3 Å². The van der Waals surface area contributed by atoms with Gasteiger partial charge in [-0.25, -0.2) is 0 Å². The highest BCUT2D eigenvalue weighted by Gasteiger charge is 2.24. The predicted octanol–water partition coefficient (Wildman–Crippen LogP) is 6.75. The molecule has 1 saturated heterocycles. The van der Waals surface area contributed by atoms with Gasteiger partial charge in [-0.1, -0.05) is 43.6 Å². The first-order chi connectivity index (χ1) is 17.4. The third-order valence-electron chi connectivity index (χ3n) is 5.68. The molecule has 2 heterocycles. The first-order valence-corrected chi connectivity index (χ1v) is 12.4. The zero-order chi connectivity index (χ0) is 26.2. The topological polar surface area (TPSA) is 87.5 Å². The van der Waals surface area contributed by atoms with Crippen LogP contribution in [0.3, 0.4) is 0 Å². The summed E-state index contributed by atoms with van der Waals surface area (Å²) in [6.07, 6.45) is 4.13. The molecule has 0 radical (unpaired) electrons. The Morgan fingerprint density at radius 2 is 1.92 bits per heavy atom. The number of halogens is 2. The van der Waals surface area contributed by atoms with Crippen molar-refractivity contribution in [2.45, 2.75) is 32.8 Å². The molecule has 9 heteroatoms. The standard InChI is InChI=1S/C25H22Cl2N4O3.C2H6/c1-3-24(32)31-8-6-17(7-9-31)34-23-11-18-21(12-22(23)33-2)29-14-15(13-28)25(18)30-16-4-5-19(26)20(27)10-16;1-2/h3-5,10-12,14,17H,1,6-9H2,2H3,(H,29,30);1-2H3. The van der Waals surface area contributed by atoms with E-state index in [9.17, 15) is 10.1 Å². The second-order valence-corrected chi connectivity index (χ2v) is 8.59. The van der Waals surface area contributed by atoms with E-state index in [4.69, 9.17) is 32.7 Å². The largest absolute Gasteiger partial charge is 0.493 e. The van der Waals surface area contributed by atoms with E-state index < -0.39 is 0 Å². The van der Waals surface area contributed by atoms with Gasteiger partial charge < -0.3 is 19.7 Å². The van der Waals surface area contributed by atoms with Crippen molar-refractivity contribution in [2.24, 2.45) is 0 Å². The lowest BCUT2D eigenvalue weighted by atomic mass is 10.1. The monoisotopic (exact) mass is 526 g/mol. The van der Waals surface area contributed by atoms with Crippen molar-refractivity contribution in [1.29, 1.82) is 5.26 Å². The average molecular weight is 527 g/mol. The van der Waals surface area contributed by atoms with E-state index in [1.807, 2.05) is 19.9 Å². The van der Waals surface area contributed by atoms with Crippen molar-refractivity contribution in [3.05, 3.63) is 64.8 Å². The van der Waals surface area contributed by atoms with E-state index in [-0.39, 0.29) is 12.0 Å². The lowest BCUT2D eigenvalue weighted by Gasteiger charge is -2.31. The number of anilines is 2. The highest BCUT2D eigenvalue weighted by Crippen LogP contribution is 2.38. The molecule has 1 aliphatic heterocycles. The van der Waals surface area contributed by atoms with Crippen LogP contribution in [0.4, 0.5) is 11.4 Å². The Labute approximate surface area is 221 Å². The van der Waals surface area contributed by atoms with Gasteiger partial charge in [-0.05, 0) is 30.3 Å². The van der Waals surface area contributed by atoms with Crippen LogP contribution in [-0.4, -0.2) is 42.1 Å². The second-order valence-electron chi connectivity index (χ2n) is 7.78. The van der Waals surface area contributed by atoms with Gasteiger partial charge in [0.2, 0.25) is 5.91 Å². The van der Waals surface area contributed by atoms with E-state index in [1.165, 1.54) is 12.3 Å². The van der Waals surface area contributed by atoms with Crippen molar-refractivity contribution in [3.8, 4) is 17.6 Å². The van der Waals surface area contributed by atoms with E-state index in [0.29, 0.717) is 75.3 Å². The van der Waals surface area contributed by atoms with Gasteiger partial charge in [-0.3, -0.25) is 9.78 Å². The van der Waals surface area contributed by atoms with Gasteiger partial charge in [0.05, 0.1) is 33.9 Å². The van der Waals surface area contributed by atoms with E-state index in [1.54, 1.807) is 36.3 Å². The number of carbonyl (C=O) groups excluding carboxylic acids is 1. The summed E-state index contributed by atoms with van der Waals surface area (Å²) in [4.78, 5) is 18.0. The summed E-state index contributed by atoms with van der Waals surface area (Å²) in [5.41, 5.74) is 2.25. The third kappa shape index (κ3) is 6.01. The number of aromatic nitrogens is 1. The Kier molecular flexibility index (Phi) is 9.40. The highest BCUT2D eigenvalue weighted by atomic mass is 35.5. The Balaban J connectivity index is 0.00000176. The highest BCUT2D eigenvalue weighted by molar-refractivity contribution is 6.42. The third-order valence-corrected chi connectivity index (χ3v) is 6.42. The fourth-order valence-electron chi connectivity index (χ4n) is 3.89. The summed E-state index contributed by atoms with van der Waals surface area (Å²) < 4.78 is 11.8. The summed E-state index contributed by atoms with van der Waals surface area (Å²) in [5.74, 6) is 1.00. The molecule has 3 aromatic rings. The number of nitrogens with one attached hydrogen (secondary N) is 1. The second kappa shape index (κ2) is 12.5. The van der Waals surface area contributed by atoms with Crippen LogP contribution in [0, 0.1) is 11.3 Å². The molecule has 0 bridgehead atoms. The average Bonchev–Trinajstić information content (AvgIpc) is 2.91. The lowest BCUT2D eigenvalue weighted by molar-refractivity contribution is -0.127. The van der Waals surface area contributed by atoms with E-state index >= 15 is 0 Å². The number of nitrogens with zero attached hydrogens (tertiary/aromatic N) is 3. The number of nitriles is 1. The minimum absolute atomic E-state index is 0.0742. The molecule has 36 heavy (non-hydrogen) atoms. The maximum Gasteiger partial charge on any atom is 0.245 e. The van der Waals surface area contributed by atoms with Crippen molar-refractivity contribution in [1.82, 2.24) is 9.88 Å². The van der Waals surface area contributed by atoms with Crippen LogP contribution in [0.25, 0.3) is 10.9 Å². The van der Waals surface area contributed by atoms with Gasteiger partial charge in [-0.15, -0.1) is 0 Å². The number of methoxy groups -OCH3 is 1. The van der Waals surface area contributed by atoms with E-state index in [0.717, 1.165) is 0 Å². The van der Waals surface area contributed by atoms with Crippen LogP contribution in [0.2, 0.25) is 10.0 Å². The maximum atomic E-state index is 11.9. The molecule has 0 aliphatic carbocycles. The number of rotatable bonds is 6. The van der Waals surface area contributed by atoms with Crippen LogP contribution in [0.1, 0.15) is 32.3 Å². The minimum atomic E-state index is -0.0844. The molecular formula is C27H28Cl2N4O3. The van der Waals surface area contributed by atoms with Crippen LogP contribution in [0.15, 0.2) is 49.2 Å². The van der Waals surface area contributed by atoms with Crippen molar-refractivity contribution in [2.75, 3.05) is 25.5 Å². The molecule has 188 valence electrons. The zero-order valence-corrected chi connectivity index (χ0v) is 22.0. The molecule has 0 spiro atoms. The number of amides is 1. The number of carbonyl (C=O) groups is 1.